The Hall–Kier alpha value is -2.31. The lowest BCUT2D eigenvalue weighted by molar-refractivity contribution is 0.601. The smallest absolute Gasteiger partial charge is 0.179 e. The van der Waals surface area contributed by atoms with Gasteiger partial charge in [-0.2, -0.15) is 0 Å². The molecule has 0 aliphatic heterocycles. The quantitative estimate of drug-likeness (QED) is 0.703. The SMILES string of the molecule is CS(=O)(=O)c1cccnc1NCc1ccccc1Sc1ccccc1. The first-order valence-corrected chi connectivity index (χ1v) is 10.4. The van der Waals surface area contributed by atoms with Crippen molar-refractivity contribution in [2.75, 3.05) is 11.6 Å². The summed E-state index contributed by atoms with van der Waals surface area (Å²) in [6.07, 6.45) is 2.77. The summed E-state index contributed by atoms with van der Waals surface area (Å²) < 4.78 is 23.8. The topological polar surface area (TPSA) is 59.1 Å². The number of hydrogen-bond donors (Lipinski definition) is 1. The molecule has 1 aromatic heterocycles. The first kappa shape index (κ1) is 17.5. The molecule has 0 saturated heterocycles. The predicted molar refractivity (Wildman–Crippen MR) is 102 cm³/mol. The second-order valence-electron chi connectivity index (χ2n) is 5.50. The van der Waals surface area contributed by atoms with Crippen molar-refractivity contribution in [2.45, 2.75) is 21.2 Å². The third-order valence-electron chi connectivity index (χ3n) is 3.56. The van der Waals surface area contributed by atoms with Gasteiger partial charge < -0.3 is 5.32 Å². The zero-order valence-corrected chi connectivity index (χ0v) is 15.3. The van der Waals surface area contributed by atoms with Crippen LogP contribution >= 0.6 is 11.8 Å². The lowest BCUT2D eigenvalue weighted by atomic mass is 10.2. The van der Waals surface area contributed by atoms with E-state index in [2.05, 4.69) is 28.5 Å². The molecule has 2 aromatic carbocycles. The van der Waals surface area contributed by atoms with Gasteiger partial charge in [-0.3, -0.25) is 0 Å². The van der Waals surface area contributed by atoms with Gasteiger partial charge in [-0.25, -0.2) is 13.4 Å². The number of benzene rings is 2. The van der Waals surface area contributed by atoms with E-state index < -0.39 is 9.84 Å². The van der Waals surface area contributed by atoms with E-state index in [1.807, 2.05) is 36.4 Å². The molecule has 0 amide bonds. The van der Waals surface area contributed by atoms with Crippen LogP contribution in [0.25, 0.3) is 0 Å². The Morgan fingerprint density at radius 3 is 2.44 bits per heavy atom. The van der Waals surface area contributed by atoms with Gasteiger partial charge in [0.25, 0.3) is 0 Å². The van der Waals surface area contributed by atoms with E-state index in [0.29, 0.717) is 12.4 Å². The van der Waals surface area contributed by atoms with Crippen molar-refractivity contribution in [3.63, 3.8) is 0 Å². The Bertz CT molecular complexity index is 958. The molecule has 0 spiro atoms. The Kier molecular flexibility index (Phi) is 5.40. The highest BCUT2D eigenvalue weighted by Crippen LogP contribution is 2.30. The molecule has 0 unspecified atom stereocenters. The van der Waals surface area contributed by atoms with E-state index in [9.17, 15) is 8.42 Å². The summed E-state index contributed by atoms with van der Waals surface area (Å²) in [5.74, 6) is 0.379. The number of anilines is 1. The number of pyridine rings is 1. The minimum atomic E-state index is -3.33. The minimum Gasteiger partial charge on any atom is -0.365 e. The van der Waals surface area contributed by atoms with Crippen LogP contribution in [0.3, 0.4) is 0 Å². The maximum absolute atomic E-state index is 11.9. The van der Waals surface area contributed by atoms with Gasteiger partial charge in [-0.15, -0.1) is 0 Å². The van der Waals surface area contributed by atoms with Gasteiger partial charge in [0.2, 0.25) is 0 Å². The number of sulfone groups is 1. The fraction of sp³-hybridized carbons (Fsp3) is 0.105. The highest BCUT2D eigenvalue weighted by Gasteiger charge is 2.14. The van der Waals surface area contributed by atoms with E-state index in [0.717, 1.165) is 15.4 Å². The summed E-state index contributed by atoms with van der Waals surface area (Å²) in [5.41, 5.74) is 1.08. The molecule has 0 saturated carbocycles. The number of nitrogens with zero attached hydrogens (tertiary/aromatic N) is 1. The van der Waals surface area contributed by atoms with E-state index in [1.54, 1.807) is 30.1 Å². The van der Waals surface area contributed by atoms with Crippen molar-refractivity contribution in [3.8, 4) is 0 Å². The van der Waals surface area contributed by atoms with Crippen LogP contribution < -0.4 is 5.32 Å². The van der Waals surface area contributed by atoms with Crippen molar-refractivity contribution in [1.29, 1.82) is 0 Å². The summed E-state index contributed by atoms with van der Waals surface area (Å²) in [4.78, 5) is 6.67. The molecular formula is C19H18N2O2S2. The summed E-state index contributed by atoms with van der Waals surface area (Å²) in [6.45, 7) is 0.496. The maximum Gasteiger partial charge on any atom is 0.179 e. The molecule has 1 N–H and O–H groups in total. The predicted octanol–water partition coefficient (Wildman–Crippen LogP) is 4.25. The van der Waals surface area contributed by atoms with Crippen molar-refractivity contribution < 1.29 is 8.42 Å². The van der Waals surface area contributed by atoms with E-state index >= 15 is 0 Å². The van der Waals surface area contributed by atoms with Crippen LogP contribution in [0.4, 0.5) is 5.82 Å². The molecule has 3 aromatic rings. The molecule has 0 atom stereocenters. The summed E-state index contributed by atoms with van der Waals surface area (Å²) in [5, 5.41) is 3.16. The first-order valence-electron chi connectivity index (χ1n) is 7.74. The number of rotatable bonds is 6. The third-order valence-corrected chi connectivity index (χ3v) is 5.81. The van der Waals surface area contributed by atoms with Crippen LogP contribution in [0.15, 0.2) is 87.6 Å². The average Bonchev–Trinajstić information content (AvgIpc) is 2.61. The summed E-state index contributed by atoms with van der Waals surface area (Å²) in [7, 11) is -3.33. The van der Waals surface area contributed by atoms with Crippen LogP contribution in [-0.4, -0.2) is 19.7 Å². The van der Waals surface area contributed by atoms with E-state index in [4.69, 9.17) is 0 Å². The molecule has 0 bridgehead atoms. The van der Waals surface area contributed by atoms with Gasteiger partial charge in [0.15, 0.2) is 9.84 Å². The minimum absolute atomic E-state index is 0.211. The van der Waals surface area contributed by atoms with Gasteiger partial charge in [0, 0.05) is 28.8 Å². The molecule has 0 radical (unpaired) electrons. The lowest BCUT2D eigenvalue weighted by Gasteiger charge is -2.12. The van der Waals surface area contributed by atoms with E-state index in [1.165, 1.54) is 6.26 Å². The van der Waals surface area contributed by atoms with Crippen molar-refractivity contribution >= 4 is 27.4 Å². The molecule has 1 heterocycles. The summed E-state index contributed by atoms with van der Waals surface area (Å²) >= 11 is 1.68. The Balaban J connectivity index is 1.81. The number of hydrogen-bond acceptors (Lipinski definition) is 5. The fourth-order valence-electron chi connectivity index (χ4n) is 2.37. The van der Waals surface area contributed by atoms with Crippen molar-refractivity contribution in [2.24, 2.45) is 0 Å². The molecule has 4 nitrogen and oxygen atoms in total. The Morgan fingerprint density at radius 1 is 0.960 bits per heavy atom. The van der Waals surface area contributed by atoms with Gasteiger partial charge in [-0.05, 0) is 35.9 Å². The maximum atomic E-state index is 11.9. The highest BCUT2D eigenvalue weighted by atomic mass is 32.2. The molecule has 25 heavy (non-hydrogen) atoms. The molecule has 0 fully saturated rings. The second-order valence-corrected chi connectivity index (χ2v) is 8.60. The Labute approximate surface area is 152 Å². The molecule has 0 aliphatic rings. The molecule has 128 valence electrons. The zero-order valence-electron chi connectivity index (χ0n) is 13.7. The normalized spacial score (nSPS) is 11.2. The van der Waals surface area contributed by atoms with Crippen molar-refractivity contribution in [3.05, 3.63) is 78.5 Å². The van der Waals surface area contributed by atoms with Crippen LogP contribution in [0.5, 0.6) is 0 Å². The number of aromatic nitrogens is 1. The molecule has 3 rings (SSSR count). The van der Waals surface area contributed by atoms with Crippen LogP contribution in [0, 0.1) is 0 Å². The van der Waals surface area contributed by atoms with Crippen LogP contribution in [0.1, 0.15) is 5.56 Å². The van der Waals surface area contributed by atoms with Gasteiger partial charge in [-0.1, -0.05) is 48.2 Å². The van der Waals surface area contributed by atoms with Gasteiger partial charge in [0.1, 0.15) is 10.7 Å². The number of nitrogens with one attached hydrogen (secondary N) is 1. The standard InChI is InChI=1S/C19H18N2O2S2/c1-25(22,23)18-12-7-13-20-19(18)21-14-15-8-5-6-11-17(15)24-16-9-3-2-4-10-16/h2-13H,14H2,1H3,(H,20,21). The average molecular weight is 370 g/mol. The van der Waals surface area contributed by atoms with Crippen molar-refractivity contribution in [1.82, 2.24) is 4.98 Å². The van der Waals surface area contributed by atoms with E-state index in [-0.39, 0.29) is 4.90 Å². The fourth-order valence-corrected chi connectivity index (χ4v) is 4.13. The van der Waals surface area contributed by atoms with Gasteiger partial charge >= 0.3 is 0 Å². The van der Waals surface area contributed by atoms with Crippen LogP contribution in [0.2, 0.25) is 0 Å². The largest absolute Gasteiger partial charge is 0.365 e. The van der Waals surface area contributed by atoms with Gasteiger partial charge in [0.05, 0.1) is 0 Å². The molecule has 6 heteroatoms. The lowest BCUT2D eigenvalue weighted by Crippen LogP contribution is -2.08. The molecular weight excluding hydrogens is 352 g/mol. The van der Waals surface area contributed by atoms with Crippen LogP contribution in [-0.2, 0) is 16.4 Å². The molecule has 0 aliphatic carbocycles. The first-order chi connectivity index (χ1) is 12.0. The highest BCUT2D eigenvalue weighted by molar-refractivity contribution is 7.99. The monoisotopic (exact) mass is 370 g/mol. The summed E-state index contributed by atoms with van der Waals surface area (Å²) in [6, 6.07) is 21.4. The second kappa shape index (κ2) is 7.72. The zero-order chi connectivity index (χ0) is 17.7. The Morgan fingerprint density at radius 2 is 1.68 bits per heavy atom. The third kappa shape index (κ3) is 4.61.